The molecule has 3 N–H and O–H groups in total. The molecule has 0 aromatic carbocycles. The summed E-state index contributed by atoms with van der Waals surface area (Å²) in [4.78, 5) is 10.0. The van der Waals surface area contributed by atoms with E-state index >= 15 is 0 Å². The maximum Gasteiger partial charge on any atom is 0.312 e. The maximum absolute atomic E-state index is 12.5. The summed E-state index contributed by atoms with van der Waals surface area (Å²) >= 11 is 0. The number of carbonyl (C=O) groups is 1. The molecule has 0 radical (unpaired) electrons. The summed E-state index contributed by atoms with van der Waals surface area (Å²) in [6.07, 6.45) is -4.95. The van der Waals surface area contributed by atoms with Crippen molar-refractivity contribution in [2.45, 2.75) is 18.8 Å². The molecule has 0 aliphatic heterocycles. The first-order valence-corrected chi connectivity index (χ1v) is 3.40. The Balaban J connectivity index is 4.46. The second kappa shape index (κ2) is 4.40. The summed E-state index contributed by atoms with van der Waals surface area (Å²) in [5.41, 5.74) is 4.77. The lowest BCUT2D eigenvalue weighted by Crippen LogP contribution is -2.41. The molecule has 0 aliphatic rings. The van der Waals surface area contributed by atoms with Gasteiger partial charge in [-0.15, -0.1) is 0 Å². The Hall–Kier alpha value is -0.850. The first-order valence-electron chi connectivity index (χ1n) is 3.40. The Morgan fingerprint density at radius 2 is 1.92 bits per heavy atom. The minimum Gasteiger partial charge on any atom is -0.481 e. The van der Waals surface area contributed by atoms with E-state index in [4.69, 9.17) is 10.8 Å². The van der Waals surface area contributed by atoms with Gasteiger partial charge in [-0.25, -0.2) is 8.78 Å². The topological polar surface area (TPSA) is 63.3 Å². The van der Waals surface area contributed by atoms with Crippen LogP contribution in [0.15, 0.2) is 0 Å². The van der Waals surface area contributed by atoms with E-state index < -0.39 is 37.2 Å². The largest absolute Gasteiger partial charge is 0.481 e. The highest BCUT2D eigenvalue weighted by Gasteiger charge is 2.48. The molecule has 1 atom stereocenters. The lowest BCUT2D eigenvalue weighted by atomic mass is 9.98. The lowest BCUT2D eigenvalue weighted by Gasteiger charge is -2.23. The number of carboxylic acid groups (broad SMARTS) is 1. The normalized spacial score (nSPS) is 14.6. The molecule has 0 rings (SSSR count). The number of aliphatic carboxylic acids is 1. The van der Waals surface area contributed by atoms with Crippen molar-refractivity contribution in [1.82, 2.24) is 0 Å². The van der Waals surface area contributed by atoms with Crippen molar-refractivity contribution in [2.75, 3.05) is 6.54 Å². The van der Waals surface area contributed by atoms with Crippen LogP contribution in [0.3, 0.4) is 0 Å². The molecule has 0 aromatic rings. The molecule has 78 valence electrons. The standard InChI is InChI=1S/C6H9F4NO2/c7-5(8)6(9,10)3(2-11)1-4(12)13/h3,5H,1-2,11H2,(H,12,13). The van der Waals surface area contributed by atoms with Crippen LogP contribution in [0.4, 0.5) is 17.6 Å². The first kappa shape index (κ1) is 12.2. The molecule has 3 nitrogen and oxygen atoms in total. The molecule has 0 amide bonds. The molecule has 0 bridgehead atoms. The van der Waals surface area contributed by atoms with E-state index in [1.54, 1.807) is 0 Å². The van der Waals surface area contributed by atoms with Crippen LogP contribution in [-0.4, -0.2) is 30.0 Å². The molecule has 0 spiro atoms. The smallest absolute Gasteiger partial charge is 0.312 e. The quantitative estimate of drug-likeness (QED) is 0.653. The van der Waals surface area contributed by atoms with E-state index in [0.717, 1.165) is 0 Å². The van der Waals surface area contributed by atoms with Crippen molar-refractivity contribution in [2.24, 2.45) is 11.7 Å². The fourth-order valence-electron chi connectivity index (χ4n) is 0.765. The number of rotatable bonds is 5. The first-order chi connectivity index (χ1) is 5.82. The van der Waals surface area contributed by atoms with Crippen LogP contribution in [0.5, 0.6) is 0 Å². The lowest BCUT2D eigenvalue weighted by molar-refractivity contribution is -0.171. The zero-order valence-electron chi connectivity index (χ0n) is 6.51. The van der Waals surface area contributed by atoms with Crippen molar-refractivity contribution in [3.8, 4) is 0 Å². The zero-order valence-corrected chi connectivity index (χ0v) is 6.51. The van der Waals surface area contributed by atoms with E-state index in [1.807, 2.05) is 0 Å². The van der Waals surface area contributed by atoms with Gasteiger partial charge in [-0.3, -0.25) is 4.79 Å². The van der Waals surface area contributed by atoms with Gasteiger partial charge in [-0.1, -0.05) is 0 Å². The molecule has 0 fully saturated rings. The van der Waals surface area contributed by atoms with Gasteiger partial charge < -0.3 is 10.8 Å². The number of halogens is 4. The summed E-state index contributed by atoms with van der Waals surface area (Å²) in [6.45, 7) is -0.788. The Kier molecular flexibility index (Phi) is 4.12. The zero-order chi connectivity index (χ0) is 10.6. The van der Waals surface area contributed by atoms with Gasteiger partial charge in [0.15, 0.2) is 0 Å². The van der Waals surface area contributed by atoms with E-state index in [2.05, 4.69) is 0 Å². The third-order valence-corrected chi connectivity index (χ3v) is 1.54. The summed E-state index contributed by atoms with van der Waals surface area (Å²) < 4.78 is 48.4. The Bertz CT molecular complexity index is 185. The average Bonchev–Trinajstić information content (AvgIpc) is 1.99. The Morgan fingerprint density at radius 3 is 2.15 bits per heavy atom. The molecule has 1 unspecified atom stereocenters. The number of nitrogens with two attached hydrogens (primary N) is 1. The number of alkyl halides is 4. The molecule has 0 aromatic heterocycles. The van der Waals surface area contributed by atoms with Crippen LogP contribution in [0, 0.1) is 5.92 Å². The molecular formula is C6H9F4NO2. The minimum atomic E-state index is -4.34. The number of hydrogen-bond acceptors (Lipinski definition) is 2. The van der Waals surface area contributed by atoms with Gasteiger partial charge in [0.1, 0.15) is 0 Å². The van der Waals surface area contributed by atoms with Crippen molar-refractivity contribution in [3.63, 3.8) is 0 Å². The van der Waals surface area contributed by atoms with Crippen LogP contribution in [0.25, 0.3) is 0 Å². The highest BCUT2D eigenvalue weighted by molar-refractivity contribution is 5.67. The fraction of sp³-hybridized carbons (Fsp3) is 0.833. The number of hydrogen-bond donors (Lipinski definition) is 2. The van der Waals surface area contributed by atoms with Gasteiger partial charge in [-0.2, -0.15) is 8.78 Å². The van der Waals surface area contributed by atoms with Gasteiger partial charge in [0.25, 0.3) is 0 Å². The highest BCUT2D eigenvalue weighted by atomic mass is 19.3. The van der Waals surface area contributed by atoms with Gasteiger partial charge in [0.05, 0.1) is 12.3 Å². The monoisotopic (exact) mass is 203 g/mol. The molecule has 0 heterocycles. The van der Waals surface area contributed by atoms with Crippen molar-refractivity contribution >= 4 is 5.97 Å². The molecule has 0 aliphatic carbocycles. The summed E-state index contributed by atoms with van der Waals surface area (Å²) in [5.74, 6) is -7.94. The molecule has 13 heavy (non-hydrogen) atoms. The number of carboxylic acids is 1. The maximum atomic E-state index is 12.5. The predicted octanol–water partition coefficient (Wildman–Crippen LogP) is 0.936. The Morgan fingerprint density at radius 1 is 1.46 bits per heavy atom. The third-order valence-electron chi connectivity index (χ3n) is 1.54. The Labute approximate surface area is 71.5 Å². The van der Waals surface area contributed by atoms with Crippen molar-refractivity contribution < 1.29 is 27.5 Å². The molecule has 0 saturated carbocycles. The second-order valence-electron chi connectivity index (χ2n) is 2.51. The van der Waals surface area contributed by atoms with Gasteiger partial charge >= 0.3 is 18.3 Å². The SMILES string of the molecule is NCC(CC(=O)O)C(F)(F)C(F)F. The molecule has 0 saturated heterocycles. The predicted molar refractivity (Wildman–Crippen MR) is 35.7 cm³/mol. The van der Waals surface area contributed by atoms with Gasteiger partial charge in [0.2, 0.25) is 0 Å². The van der Waals surface area contributed by atoms with Gasteiger partial charge in [0, 0.05) is 6.54 Å². The van der Waals surface area contributed by atoms with E-state index in [9.17, 15) is 22.4 Å². The van der Waals surface area contributed by atoms with E-state index in [0.29, 0.717) is 0 Å². The van der Waals surface area contributed by atoms with Crippen molar-refractivity contribution in [3.05, 3.63) is 0 Å². The fourth-order valence-corrected chi connectivity index (χ4v) is 0.765. The van der Waals surface area contributed by atoms with Crippen molar-refractivity contribution in [1.29, 1.82) is 0 Å². The highest BCUT2D eigenvalue weighted by Crippen LogP contribution is 2.32. The van der Waals surface area contributed by atoms with Crippen LogP contribution in [0.1, 0.15) is 6.42 Å². The van der Waals surface area contributed by atoms with Crippen LogP contribution in [-0.2, 0) is 4.79 Å². The summed E-state index contributed by atoms with van der Waals surface area (Å²) in [5, 5.41) is 8.13. The summed E-state index contributed by atoms with van der Waals surface area (Å²) in [7, 11) is 0. The average molecular weight is 203 g/mol. The van der Waals surface area contributed by atoms with Gasteiger partial charge in [-0.05, 0) is 0 Å². The third kappa shape index (κ3) is 3.17. The molecule has 7 heteroatoms. The second-order valence-corrected chi connectivity index (χ2v) is 2.51. The summed E-state index contributed by atoms with van der Waals surface area (Å²) in [6, 6.07) is 0. The van der Waals surface area contributed by atoms with E-state index in [-0.39, 0.29) is 0 Å². The van der Waals surface area contributed by atoms with Crippen LogP contribution < -0.4 is 5.73 Å². The molecular weight excluding hydrogens is 194 g/mol. The minimum absolute atomic E-state index is 0.788. The van der Waals surface area contributed by atoms with Crippen LogP contribution in [0.2, 0.25) is 0 Å². The van der Waals surface area contributed by atoms with E-state index in [1.165, 1.54) is 0 Å². The van der Waals surface area contributed by atoms with Crippen LogP contribution >= 0.6 is 0 Å².